The molecule has 0 unspecified atom stereocenters. The molecule has 32 heavy (non-hydrogen) atoms. The number of anilines is 2. The molecule has 1 aromatic carbocycles. The number of hydrogen-bond donors (Lipinski definition) is 4. The van der Waals surface area contributed by atoms with Crippen LogP contribution in [0.1, 0.15) is 17.4 Å². The minimum atomic E-state index is -0.992. The maximum absolute atomic E-state index is 14.6. The fourth-order valence-corrected chi connectivity index (χ4v) is 5.83. The molecule has 0 saturated carbocycles. The van der Waals surface area contributed by atoms with Crippen molar-refractivity contribution in [3.8, 4) is 0 Å². The van der Waals surface area contributed by atoms with Crippen LogP contribution in [0.25, 0.3) is 21.9 Å². The molecular formula is C21H20ClFN6O2S. The van der Waals surface area contributed by atoms with E-state index in [0.717, 1.165) is 5.56 Å². The minimum absolute atomic E-state index is 0.145. The lowest BCUT2D eigenvalue weighted by atomic mass is 10.0. The second-order valence-electron chi connectivity index (χ2n) is 7.80. The zero-order valence-corrected chi connectivity index (χ0v) is 18.3. The van der Waals surface area contributed by atoms with E-state index in [1.54, 1.807) is 22.9 Å². The van der Waals surface area contributed by atoms with Gasteiger partial charge in [0.15, 0.2) is 0 Å². The maximum Gasteiger partial charge on any atom is 0.146 e. The number of halogens is 2. The van der Waals surface area contributed by atoms with E-state index in [4.69, 9.17) is 23.1 Å². The van der Waals surface area contributed by atoms with Crippen LogP contribution in [0, 0.1) is 5.82 Å². The van der Waals surface area contributed by atoms with Gasteiger partial charge in [0.25, 0.3) is 0 Å². The van der Waals surface area contributed by atoms with Gasteiger partial charge < -0.3 is 26.2 Å². The van der Waals surface area contributed by atoms with E-state index in [0.29, 0.717) is 40.6 Å². The van der Waals surface area contributed by atoms with Gasteiger partial charge in [-0.1, -0.05) is 11.6 Å². The van der Waals surface area contributed by atoms with Gasteiger partial charge in [-0.3, -0.25) is 0 Å². The fraction of sp³-hybridized carbons (Fsp3) is 0.286. The normalized spacial score (nSPS) is 23.4. The van der Waals surface area contributed by atoms with Crippen LogP contribution >= 0.6 is 23.4 Å². The van der Waals surface area contributed by atoms with Crippen LogP contribution < -0.4 is 11.5 Å². The van der Waals surface area contributed by atoms with Gasteiger partial charge in [-0.05, 0) is 42.7 Å². The highest BCUT2D eigenvalue weighted by molar-refractivity contribution is 8.00. The summed E-state index contributed by atoms with van der Waals surface area (Å²) < 4.78 is 16.4. The molecule has 166 valence electrons. The van der Waals surface area contributed by atoms with E-state index in [9.17, 15) is 14.6 Å². The van der Waals surface area contributed by atoms with Gasteiger partial charge in [0.1, 0.15) is 40.9 Å². The van der Waals surface area contributed by atoms with Crippen LogP contribution in [-0.2, 0) is 6.42 Å². The highest BCUT2D eigenvalue weighted by Gasteiger charge is 2.43. The molecule has 6 N–H and O–H groups in total. The Morgan fingerprint density at radius 1 is 1.09 bits per heavy atom. The van der Waals surface area contributed by atoms with E-state index in [2.05, 4.69) is 15.0 Å². The van der Waals surface area contributed by atoms with Gasteiger partial charge in [-0.15, -0.1) is 11.8 Å². The fourth-order valence-electron chi connectivity index (χ4n) is 4.12. The molecule has 3 aromatic heterocycles. The number of aliphatic hydroxyl groups excluding tert-OH is 2. The maximum atomic E-state index is 14.6. The van der Waals surface area contributed by atoms with E-state index in [1.165, 1.54) is 30.2 Å². The highest BCUT2D eigenvalue weighted by atomic mass is 35.5. The van der Waals surface area contributed by atoms with Gasteiger partial charge in [-0.2, -0.15) is 0 Å². The van der Waals surface area contributed by atoms with Gasteiger partial charge >= 0.3 is 0 Å². The summed E-state index contributed by atoms with van der Waals surface area (Å²) in [5.41, 5.74) is 13.4. The van der Waals surface area contributed by atoms with Crippen LogP contribution in [0.4, 0.5) is 16.0 Å². The summed E-state index contributed by atoms with van der Waals surface area (Å²) >= 11 is 7.40. The molecule has 4 aromatic rings. The molecule has 1 aliphatic heterocycles. The Hall–Kier alpha value is -2.66. The van der Waals surface area contributed by atoms with E-state index in [-0.39, 0.29) is 16.1 Å². The number of aliphatic hydroxyl groups is 2. The SMILES string of the molecule is Nc1nc2cc(CC[C@H]3S[C@@H](n4ccc5c(N)ncnc54)[C@H](O)[C@@H]3O)cc(F)c2cc1Cl. The molecule has 0 bridgehead atoms. The van der Waals surface area contributed by atoms with Gasteiger partial charge in [0.05, 0.1) is 22.0 Å². The zero-order chi connectivity index (χ0) is 22.6. The molecule has 0 spiro atoms. The van der Waals surface area contributed by atoms with Crippen LogP contribution in [0.2, 0.25) is 5.02 Å². The number of thioether (sulfide) groups is 1. The summed E-state index contributed by atoms with van der Waals surface area (Å²) in [4.78, 5) is 12.4. The summed E-state index contributed by atoms with van der Waals surface area (Å²) in [6.07, 6.45) is 2.24. The van der Waals surface area contributed by atoms with Crippen molar-refractivity contribution in [2.75, 3.05) is 11.5 Å². The van der Waals surface area contributed by atoms with E-state index >= 15 is 0 Å². The Balaban J connectivity index is 1.36. The number of nitrogen functional groups attached to an aromatic ring is 2. The van der Waals surface area contributed by atoms with Crippen molar-refractivity contribution >= 4 is 56.9 Å². The second-order valence-corrected chi connectivity index (χ2v) is 9.57. The van der Waals surface area contributed by atoms with Crippen molar-refractivity contribution in [3.63, 3.8) is 0 Å². The minimum Gasteiger partial charge on any atom is -0.389 e. The first-order chi connectivity index (χ1) is 15.3. The smallest absolute Gasteiger partial charge is 0.146 e. The third-order valence-corrected chi connectivity index (χ3v) is 7.74. The number of hydrogen-bond acceptors (Lipinski definition) is 8. The monoisotopic (exact) mass is 474 g/mol. The summed E-state index contributed by atoms with van der Waals surface area (Å²) in [7, 11) is 0. The quantitative estimate of drug-likeness (QED) is 0.354. The summed E-state index contributed by atoms with van der Waals surface area (Å²) in [5.74, 6) is 0.0737. The third-order valence-electron chi connectivity index (χ3n) is 5.79. The average Bonchev–Trinajstić information content (AvgIpc) is 3.31. The van der Waals surface area contributed by atoms with Crippen molar-refractivity contribution in [2.45, 2.75) is 35.7 Å². The number of benzene rings is 1. The number of nitrogens with zero attached hydrogens (tertiary/aromatic N) is 4. The number of rotatable bonds is 4. The molecule has 4 atom stereocenters. The molecule has 11 heteroatoms. The lowest BCUT2D eigenvalue weighted by Crippen LogP contribution is -2.31. The van der Waals surface area contributed by atoms with Crippen LogP contribution in [0.3, 0.4) is 0 Å². The van der Waals surface area contributed by atoms with Crippen molar-refractivity contribution in [1.82, 2.24) is 19.5 Å². The van der Waals surface area contributed by atoms with Crippen LogP contribution in [-0.4, -0.2) is 47.2 Å². The molecule has 1 saturated heterocycles. The molecule has 8 nitrogen and oxygen atoms in total. The lowest BCUT2D eigenvalue weighted by Gasteiger charge is -2.17. The van der Waals surface area contributed by atoms with Gasteiger partial charge in [-0.25, -0.2) is 19.3 Å². The Morgan fingerprint density at radius 3 is 2.72 bits per heavy atom. The van der Waals surface area contributed by atoms with Crippen molar-refractivity contribution < 1.29 is 14.6 Å². The number of pyridine rings is 1. The zero-order valence-electron chi connectivity index (χ0n) is 16.7. The highest BCUT2D eigenvalue weighted by Crippen LogP contribution is 2.45. The molecule has 0 radical (unpaired) electrons. The number of aromatic nitrogens is 4. The van der Waals surface area contributed by atoms with Crippen molar-refractivity contribution in [2.24, 2.45) is 0 Å². The number of aryl methyl sites for hydroxylation is 1. The summed E-state index contributed by atoms with van der Waals surface area (Å²) in [6.45, 7) is 0. The summed E-state index contributed by atoms with van der Waals surface area (Å²) in [5, 5.41) is 21.9. The lowest BCUT2D eigenvalue weighted by molar-refractivity contribution is 0.0176. The molecule has 4 heterocycles. The molecule has 5 rings (SSSR count). The summed E-state index contributed by atoms with van der Waals surface area (Å²) in [6, 6.07) is 6.47. The van der Waals surface area contributed by atoms with Crippen LogP contribution in [0.5, 0.6) is 0 Å². The van der Waals surface area contributed by atoms with E-state index in [1.807, 2.05) is 0 Å². The first-order valence-corrected chi connectivity index (χ1v) is 11.3. The predicted molar refractivity (Wildman–Crippen MR) is 124 cm³/mol. The van der Waals surface area contributed by atoms with Gasteiger partial charge in [0, 0.05) is 16.8 Å². The Kier molecular flexibility index (Phi) is 5.32. The Morgan fingerprint density at radius 2 is 1.91 bits per heavy atom. The average molecular weight is 475 g/mol. The standard InChI is InChI=1S/C21H20ClFN6O2S/c22-12-7-11-13(23)5-9(6-14(11)28-19(12)25)1-2-15-16(30)17(31)21(32-15)29-4-3-10-18(24)26-8-27-20(10)29/h3-8,15-17,21,30-31H,1-2H2,(H2,25,28)(H2,24,26,27)/t15-,16-,17-,21-/m1/s1. The Bertz CT molecular complexity index is 1330. The van der Waals surface area contributed by atoms with E-state index < -0.39 is 23.4 Å². The molecular weight excluding hydrogens is 455 g/mol. The largest absolute Gasteiger partial charge is 0.389 e. The molecule has 1 fully saturated rings. The molecule has 0 aliphatic carbocycles. The van der Waals surface area contributed by atoms with Crippen LogP contribution in [0.15, 0.2) is 36.8 Å². The van der Waals surface area contributed by atoms with Crippen molar-refractivity contribution in [1.29, 1.82) is 0 Å². The van der Waals surface area contributed by atoms with Crippen molar-refractivity contribution in [3.05, 3.63) is 53.2 Å². The Labute approximate surface area is 191 Å². The molecule has 0 amide bonds. The first kappa shape index (κ1) is 21.2. The molecule has 1 aliphatic rings. The topological polar surface area (TPSA) is 136 Å². The number of fused-ring (bicyclic) bond motifs is 2. The van der Waals surface area contributed by atoms with Gasteiger partial charge in [0.2, 0.25) is 0 Å². The third kappa shape index (κ3) is 3.53. The first-order valence-electron chi connectivity index (χ1n) is 9.96. The number of nitrogens with two attached hydrogens (primary N) is 2. The predicted octanol–water partition coefficient (Wildman–Crippen LogP) is 2.91. The second kappa shape index (κ2) is 8.04.